The van der Waals surface area contributed by atoms with Crippen molar-refractivity contribution >= 4 is 99.8 Å². The summed E-state index contributed by atoms with van der Waals surface area (Å²) in [5.74, 6) is -0.273. The van der Waals surface area contributed by atoms with Gasteiger partial charge in [-0.15, -0.1) is 11.3 Å². The van der Waals surface area contributed by atoms with Crippen molar-refractivity contribution in [3.63, 3.8) is 0 Å². The van der Waals surface area contributed by atoms with Crippen molar-refractivity contribution in [2.75, 3.05) is 19.6 Å². The molecular weight excluding hydrogens is 1180 g/mol. The Labute approximate surface area is 563 Å². The summed E-state index contributed by atoms with van der Waals surface area (Å²) in [6.07, 6.45) is 4.29. The lowest BCUT2D eigenvalue weighted by Crippen LogP contribution is -2.11. The number of rotatable bonds is 19. The van der Waals surface area contributed by atoms with Crippen LogP contribution in [0.3, 0.4) is 0 Å². The molecule has 0 amide bonds. The Hall–Kier alpha value is -10.8. The molecule has 14 rings (SSSR count). The number of fused-ring (bicyclic) bond motifs is 3. The van der Waals surface area contributed by atoms with Crippen LogP contribution in [-0.4, -0.2) is 0 Å². The molecule has 0 fully saturated rings. The van der Waals surface area contributed by atoms with Crippen molar-refractivity contribution in [2.24, 2.45) is 0 Å². The van der Waals surface area contributed by atoms with Gasteiger partial charge in [-0.1, -0.05) is 154 Å². The zero-order valence-electron chi connectivity index (χ0n) is 55.1. The highest BCUT2D eigenvalue weighted by atomic mass is 32.1. The summed E-state index contributed by atoms with van der Waals surface area (Å²) < 4.78 is 17.5. The Morgan fingerprint density at radius 3 is 0.884 bits per heavy atom. The second kappa shape index (κ2) is 27.0. The van der Waals surface area contributed by atoms with Gasteiger partial charge in [-0.05, 0) is 284 Å². The molecular formula is C89H77FN4S. The van der Waals surface area contributed by atoms with Gasteiger partial charge in [0.05, 0.1) is 0 Å². The first-order valence-electron chi connectivity index (χ1n) is 33.2. The average molecular weight is 1250 g/mol. The van der Waals surface area contributed by atoms with Gasteiger partial charge in [0.15, 0.2) is 0 Å². The number of hydrogen-bond donors (Lipinski definition) is 0. The Morgan fingerprint density at radius 1 is 0.263 bits per heavy atom. The third-order valence-electron chi connectivity index (χ3n) is 18.6. The maximum absolute atomic E-state index is 15.0. The van der Waals surface area contributed by atoms with E-state index in [2.05, 4.69) is 335 Å². The molecule has 0 N–H and O–H groups in total. The monoisotopic (exact) mass is 1250 g/mol. The zero-order chi connectivity index (χ0) is 65.1. The minimum absolute atomic E-state index is 0.273. The first-order chi connectivity index (χ1) is 46.4. The molecule has 13 aromatic carbocycles. The normalized spacial score (nSPS) is 11.3. The van der Waals surface area contributed by atoms with E-state index in [-0.39, 0.29) is 5.82 Å². The zero-order valence-corrected chi connectivity index (χ0v) is 55.9. The van der Waals surface area contributed by atoms with Gasteiger partial charge in [0, 0.05) is 88.4 Å². The van der Waals surface area contributed by atoms with Crippen LogP contribution in [0.25, 0.3) is 53.6 Å². The summed E-state index contributed by atoms with van der Waals surface area (Å²) in [4.78, 5) is 9.22. The highest BCUT2D eigenvalue weighted by Gasteiger charge is 2.21. The SMILES string of the molecule is CCCc1ccc(N(c2ccc(-c3ccc(N(c4ccc(CCC)cc4)c4ccc(-c5ccc(N(c6cccc(F)c6)c6ccc7sc8ccc(C)cc8c7c6)cc5)cc4)cc3)cc2)c2ccc(-c3ccc(N(c4ccc(C)c(C)c4)c4ccc(C)c(C)c4)cc3)cc2)cc1. The van der Waals surface area contributed by atoms with Crippen LogP contribution in [0.4, 0.5) is 72.6 Å². The molecule has 0 spiro atoms. The van der Waals surface area contributed by atoms with Crippen LogP contribution < -0.4 is 19.6 Å². The molecule has 6 heteroatoms. The van der Waals surface area contributed by atoms with Crippen LogP contribution >= 0.6 is 11.3 Å². The van der Waals surface area contributed by atoms with Crippen LogP contribution in [0.2, 0.25) is 0 Å². The summed E-state index contributed by atoms with van der Waals surface area (Å²) in [7, 11) is 0. The van der Waals surface area contributed by atoms with E-state index in [1.165, 1.54) is 65.2 Å². The Kier molecular flexibility index (Phi) is 17.6. The maximum Gasteiger partial charge on any atom is 0.125 e. The molecule has 1 heterocycles. The van der Waals surface area contributed by atoms with Gasteiger partial charge < -0.3 is 19.6 Å². The van der Waals surface area contributed by atoms with Crippen LogP contribution in [0, 0.1) is 40.4 Å². The van der Waals surface area contributed by atoms with Crippen LogP contribution in [-0.2, 0) is 12.8 Å². The summed E-state index contributed by atoms with van der Waals surface area (Å²) >= 11 is 1.80. The number of hydrogen-bond acceptors (Lipinski definition) is 5. The predicted octanol–water partition coefficient (Wildman–Crippen LogP) is 26.5. The van der Waals surface area contributed by atoms with Gasteiger partial charge in [-0.3, -0.25) is 0 Å². The highest BCUT2D eigenvalue weighted by Crippen LogP contribution is 2.45. The van der Waals surface area contributed by atoms with E-state index in [0.717, 1.165) is 127 Å². The van der Waals surface area contributed by atoms with Gasteiger partial charge in [0.25, 0.3) is 0 Å². The summed E-state index contributed by atoms with van der Waals surface area (Å²) in [6, 6.07) is 105. The summed E-state index contributed by atoms with van der Waals surface area (Å²) in [5, 5.41) is 2.44. The second-order valence-electron chi connectivity index (χ2n) is 25.3. The lowest BCUT2D eigenvalue weighted by molar-refractivity contribution is 0.628. The smallest absolute Gasteiger partial charge is 0.125 e. The van der Waals surface area contributed by atoms with E-state index in [1.807, 2.05) is 6.07 Å². The van der Waals surface area contributed by atoms with Gasteiger partial charge >= 0.3 is 0 Å². The van der Waals surface area contributed by atoms with E-state index < -0.39 is 0 Å². The average Bonchev–Trinajstić information content (AvgIpc) is 1.72. The van der Waals surface area contributed by atoms with Crippen molar-refractivity contribution in [3.8, 4) is 33.4 Å². The molecule has 95 heavy (non-hydrogen) atoms. The largest absolute Gasteiger partial charge is 0.311 e. The molecule has 0 aliphatic rings. The van der Waals surface area contributed by atoms with E-state index in [1.54, 1.807) is 23.5 Å². The molecule has 0 aliphatic carbocycles. The number of aryl methyl sites for hydroxylation is 7. The van der Waals surface area contributed by atoms with Crippen molar-refractivity contribution < 1.29 is 4.39 Å². The van der Waals surface area contributed by atoms with Crippen molar-refractivity contribution in [3.05, 3.63) is 336 Å². The molecule has 0 unspecified atom stereocenters. The van der Waals surface area contributed by atoms with Crippen LogP contribution in [0.5, 0.6) is 0 Å². The highest BCUT2D eigenvalue weighted by molar-refractivity contribution is 7.25. The maximum atomic E-state index is 15.0. The molecule has 0 saturated carbocycles. The topological polar surface area (TPSA) is 13.0 Å². The van der Waals surface area contributed by atoms with Gasteiger partial charge in [-0.25, -0.2) is 4.39 Å². The quantitative estimate of drug-likeness (QED) is 0.0800. The molecule has 0 atom stereocenters. The van der Waals surface area contributed by atoms with Crippen LogP contribution in [0.15, 0.2) is 291 Å². The van der Waals surface area contributed by atoms with Crippen LogP contribution in [0.1, 0.15) is 65.6 Å². The van der Waals surface area contributed by atoms with Gasteiger partial charge in [0.2, 0.25) is 0 Å². The minimum atomic E-state index is -0.273. The van der Waals surface area contributed by atoms with Gasteiger partial charge in [-0.2, -0.15) is 0 Å². The molecule has 4 nitrogen and oxygen atoms in total. The number of thiophene rings is 1. The molecule has 0 aliphatic heterocycles. The van der Waals surface area contributed by atoms with Crippen molar-refractivity contribution in [1.29, 1.82) is 0 Å². The molecule has 1 aromatic heterocycles. The number of benzene rings is 13. The lowest BCUT2D eigenvalue weighted by Gasteiger charge is -2.27. The molecule has 466 valence electrons. The van der Waals surface area contributed by atoms with E-state index >= 15 is 0 Å². The first kappa shape index (κ1) is 61.7. The van der Waals surface area contributed by atoms with E-state index in [4.69, 9.17) is 0 Å². The number of anilines is 12. The lowest BCUT2D eigenvalue weighted by atomic mass is 10.0. The third kappa shape index (κ3) is 13.0. The molecule has 0 bridgehead atoms. The summed E-state index contributed by atoms with van der Waals surface area (Å²) in [6.45, 7) is 15.3. The number of halogens is 1. The third-order valence-corrected chi connectivity index (χ3v) is 19.8. The fourth-order valence-corrected chi connectivity index (χ4v) is 14.2. The molecule has 0 saturated heterocycles. The fourth-order valence-electron chi connectivity index (χ4n) is 13.2. The van der Waals surface area contributed by atoms with Crippen molar-refractivity contribution in [1.82, 2.24) is 0 Å². The minimum Gasteiger partial charge on any atom is -0.311 e. The molecule has 14 aromatic rings. The Morgan fingerprint density at radius 2 is 0.547 bits per heavy atom. The Bertz CT molecular complexity index is 4950. The van der Waals surface area contributed by atoms with E-state index in [9.17, 15) is 4.39 Å². The fraction of sp³-hybridized carbons (Fsp3) is 0.124. The predicted molar refractivity (Wildman–Crippen MR) is 406 cm³/mol. The number of nitrogens with zero attached hydrogens (tertiary/aromatic N) is 4. The first-order valence-corrected chi connectivity index (χ1v) is 34.1. The van der Waals surface area contributed by atoms with Crippen molar-refractivity contribution in [2.45, 2.75) is 74.1 Å². The summed E-state index contributed by atoms with van der Waals surface area (Å²) in [5.41, 5.74) is 28.4. The van der Waals surface area contributed by atoms with Gasteiger partial charge in [0.1, 0.15) is 5.82 Å². The Balaban J connectivity index is 0.725. The second-order valence-corrected chi connectivity index (χ2v) is 26.3. The van der Waals surface area contributed by atoms with E-state index in [0.29, 0.717) is 0 Å². The molecule has 0 radical (unpaired) electrons. The standard InChI is InChI=1S/C89H77FN4S/c1-8-11-65-18-36-74(37-19-65)91(78-44-26-69(27-45-78)71-30-48-80(49-31-71)93(82-14-10-13-73(90)58-82)85-52-54-89-87(59-85)86-55-60(3)15-53-88(86)95-89)76-40-22-67(23-41-76)68-24-42-77(43-25-68)92(75-38-20-66(12-9-2)21-39-75)79-46-28-70(29-47-79)72-32-50-81(51-33-72)94(83-34-16-61(4)63(6)56-83)84-35-17-62(5)64(7)57-84/h10,13-59H,8-9,11-12H2,1-7H3.